The van der Waals surface area contributed by atoms with Gasteiger partial charge in [-0.25, -0.2) is 4.98 Å². The number of carbonyl (C=O) groups is 1. The van der Waals surface area contributed by atoms with Crippen LogP contribution >= 0.6 is 0 Å². The van der Waals surface area contributed by atoms with Gasteiger partial charge in [-0.2, -0.15) is 8.78 Å². The van der Waals surface area contributed by atoms with Gasteiger partial charge in [-0.1, -0.05) is 0 Å². The predicted octanol–water partition coefficient (Wildman–Crippen LogP) is 4.94. The Morgan fingerprint density at radius 2 is 1.87 bits per heavy atom. The zero-order valence-corrected chi connectivity index (χ0v) is 16.4. The van der Waals surface area contributed by atoms with Crippen LogP contribution < -0.4 is 19.1 Å². The minimum Gasteiger partial charge on any atom is -0.490 e. The first-order chi connectivity index (χ1) is 14.5. The van der Waals surface area contributed by atoms with Crippen molar-refractivity contribution < 1.29 is 32.2 Å². The number of anilines is 2. The van der Waals surface area contributed by atoms with Gasteiger partial charge in [-0.15, -0.1) is 0 Å². The van der Waals surface area contributed by atoms with Crippen molar-refractivity contribution in [3.63, 3.8) is 0 Å². The molecule has 3 aromatic rings. The van der Waals surface area contributed by atoms with Crippen molar-refractivity contribution in [1.29, 1.82) is 0 Å². The monoisotopic (exact) mass is 418 g/mol. The van der Waals surface area contributed by atoms with Gasteiger partial charge >= 0.3 is 12.6 Å². The molecule has 0 radical (unpaired) electrons. The number of nitrogens with zero attached hydrogens (tertiary/aromatic N) is 2. The van der Waals surface area contributed by atoms with Gasteiger partial charge in [0.2, 0.25) is 0 Å². The molecule has 30 heavy (non-hydrogen) atoms. The molecule has 0 aliphatic rings. The summed E-state index contributed by atoms with van der Waals surface area (Å²) >= 11 is 0. The van der Waals surface area contributed by atoms with Crippen LogP contribution in [0.1, 0.15) is 19.6 Å². The van der Waals surface area contributed by atoms with Crippen LogP contribution in [0.25, 0.3) is 0 Å². The summed E-state index contributed by atoms with van der Waals surface area (Å²) in [4.78, 5) is 16.9. The molecular weight excluding hydrogens is 398 g/mol. The fourth-order valence-electron chi connectivity index (χ4n) is 2.79. The number of esters is 1. The molecule has 0 aliphatic heterocycles. The van der Waals surface area contributed by atoms with Crippen LogP contribution in [-0.4, -0.2) is 24.2 Å². The van der Waals surface area contributed by atoms with Gasteiger partial charge in [0.05, 0.1) is 19.3 Å². The number of hydrogen-bond acceptors (Lipinski definition) is 7. The molecule has 0 amide bonds. The lowest BCUT2D eigenvalue weighted by atomic mass is 10.2. The van der Waals surface area contributed by atoms with Crippen LogP contribution in [0, 0.1) is 0 Å². The number of hydrogen-bond donors (Lipinski definition) is 0. The Morgan fingerprint density at radius 1 is 1.13 bits per heavy atom. The summed E-state index contributed by atoms with van der Waals surface area (Å²) < 4.78 is 45.9. The van der Waals surface area contributed by atoms with Crippen molar-refractivity contribution in [3.8, 4) is 17.2 Å². The van der Waals surface area contributed by atoms with Crippen LogP contribution in [-0.2, 0) is 11.3 Å². The van der Waals surface area contributed by atoms with E-state index in [0.29, 0.717) is 23.7 Å². The third-order valence-corrected chi connectivity index (χ3v) is 3.96. The SMILES string of the molecule is CCOc1cc(N(Cc2cnco2)c2ccc(OC(C)=O)cc2)ccc1OC(F)F. The molecule has 9 heteroatoms. The Balaban J connectivity index is 1.97. The highest BCUT2D eigenvalue weighted by molar-refractivity contribution is 5.70. The molecule has 0 saturated heterocycles. The summed E-state index contributed by atoms with van der Waals surface area (Å²) in [6.07, 6.45) is 2.90. The lowest BCUT2D eigenvalue weighted by Crippen LogP contribution is -2.16. The molecule has 1 heterocycles. The molecular formula is C21H20F2N2O5. The molecule has 3 rings (SSSR count). The van der Waals surface area contributed by atoms with Crippen molar-refractivity contribution in [3.05, 3.63) is 60.8 Å². The van der Waals surface area contributed by atoms with Crippen molar-refractivity contribution in [2.24, 2.45) is 0 Å². The second kappa shape index (κ2) is 9.73. The Bertz CT molecular complexity index is 962. The van der Waals surface area contributed by atoms with Crippen LogP contribution in [0.3, 0.4) is 0 Å². The van der Waals surface area contributed by atoms with E-state index in [9.17, 15) is 13.6 Å². The van der Waals surface area contributed by atoms with E-state index >= 15 is 0 Å². The maximum Gasteiger partial charge on any atom is 0.387 e. The summed E-state index contributed by atoms with van der Waals surface area (Å²) in [6.45, 7) is 0.700. The van der Waals surface area contributed by atoms with E-state index in [1.807, 2.05) is 4.90 Å². The molecule has 0 saturated carbocycles. The molecule has 0 bridgehead atoms. The van der Waals surface area contributed by atoms with Crippen LogP contribution in [0.2, 0.25) is 0 Å². The van der Waals surface area contributed by atoms with Crippen LogP contribution in [0.5, 0.6) is 17.2 Å². The molecule has 0 aliphatic carbocycles. The minimum absolute atomic E-state index is 0.0552. The topological polar surface area (TPSA) is 74.0 Å². The second-order valence-electron chi connectivity index (χ2n) is 6.08. The zero-order valence-electron chi connectivity index (χ0n) is 16.4. The number of carbonyl (C=O) groups excluding carboxylic acids is 1. The number of oxazole rings is 1. The molecule has 0 spiro atoms. The third kappa shape index (κ3) is 5.47. The molecule has 7 nitrogen and oxygen atoms in total. The van der Waals surface area contributed by atoms with Crippen molar-refractivity contribution >= 4 is 17.3 Å². The maximum absolute atomic E-state index is 12.7. The molecule has 0 atom stereocenters. The van der Waals surface area contributed by atoms with Crippen molar-refractivity contribution in [1.82, 2.24) is 4.98 Å². The number of alkyl halides is 2. The summed E-state index contributed by atoms with van der Waals surface area (Å²) in [5, 5.41) is 0. The van der Waals surface area contributed by atoms with Gasteiger partial charge in [-0.3, -0.25) is 4.79 Å². The lowest BCUT2D eigenvalue weighted by Gasteiger charge is -2.25. The standard InChI is InChI=1S/C21H20F2N2O5/c1-3-27-20-10-16(6-9-19(20)30-21(22)23)25(12-18-11-24-13-28-18)15-4-7-17(8-5-15)29-14(2)26/h4-11,13,21H,3,12H2,1-2H3. The van der Waals surface area contributed by atoms with Gasteiger partial charge in [-0.05, 0) is 43.3 Å². The van der Waals surface area contributed by atoms with E-state index in [-0.39, 0.29) is 18.1 Å². The lowest BCUT2D eigenvalue weighted by molar-refractivity contribution is -0.131. The number of benzene rings is 2. The van der Waals surface area contributed by atoms with Crippen molar-refractivity contribution in [2.75, 3.05) is 11.5 Å². The highest BCUT2D eigenvalue weighted by atomic mass is 19.3. The van der Waals surface area contributed by atoms with Gasteiger partial charge < -0.3 is 23.5 Å². The fourth-order valence-corrected chi connectivity index (χ4v) is 2.79. The van der Waals surface area contributed by atoms with Crippen LogP contribution in [0.15, 0.2) is 59.5 Å². The average Bonchev–Trinajstić information content (AvgIpc) is 3.21. The van der Waals surface area contributed by atoms with Crippen LogP contribution in [0.4, 0.5) is 20.2 Å². The van der Waals surface area contributed by atoms with E-state index < -0.39 is 12.6 Å². The van der Waals surface area contributed by atoms with E-state index in [1.165, 1.54) is 19.4 Å². The number of ether oxygens (including phenoxy) is 3. The Morgan fingerprint density at radius 3 is 2.47 bits per heavy atom. The Hall–Kier alpha value is -3.62. The summed E-state index contributed by atoms with van der Waals surface area (Å²) in [7, 11) is 0. The van der Waals surface area contributed by atoms with E-state index in [0.717, 1.165) is 5.69 Å². The van der Waals surface area contributed by atoms with Gasteiger partial charge in [0, 0.05) is 24.4 Å². The first kappa shape index (κ1) is 21.1. The third-order valence-electron chi connectivity index (χ3n) is 3.96. The molecule has 1 aromatic heterocycles. The quantitative estimate of drug-likeness (QED) is 0.360. The first-order valence-corrected chi connectivity index (χ1v) is 9.11. The predicted molar refractivity (Wildman–Crippen MR) is 104 cm³/mol. The zero-order chi connectivity index (χ0) is 21.5. The Labute approximate surface area is 171 Å². The summed E-state index contributed by atoms with van der Waals surface area (Å²) in [6, 6.07) is 11.5. The number of halogens is 2. The first-order valence-electron chi connectivity index (χ1n) is 9.11. The van der Waals surface area contributed by atoms with E-state index in [4.69, 9.17) is 13.9 Å². The molecule has 0 fully saturated rings. The highest BCUT2D eigenvalue weighted by Crippen LogP contribution is 2.37. The number of aromatic nitrogens is 1. The minimum atomic E-state index is -2.96. The number of rotatable bonds is 9. The molecule has 0 unspecified atom stereocenters. The largest absolute Gasteiger partial charge is 0.490 e. The maximum atomic E-state index is 12.7. The molecule has 2 aromatic carbocycles. The molecule has 158 valence electrons. The average molecular weight is 418 g/mol. The van der Waals surface area contributed by atoms with E-state index in [2.05, 4.69) is 9.72 Å². The van der Waals surface area contributed by atoms with Gasteiger partial charge in [0.15, 0.2) is 17.9 Å². The van der Waals surface area contributed by atoms with Gasteiger partial charge in [0.1, 0.15) is 11.5 Å². The van der Waals surface area contributed by atoms with Crippen molar-refractivity contribution in [2.45, 2.75) is 27.0 Å². The Kier molecular flexibility index (Phi) is 6.84. The molecule has 0 N–H and O–H groups in total. The fraction of sp³-hybridized carbons (Fsp3) is 0.238. The summed E-state index contributed by atoms with van der Waals surface area (Å²) in [5.41, 5.74) is 1.39. The smallest absolute Gasteiger partial charge is 0.387 e. The highest BCUT2D eigenvalue weighted by Gasteiger charge is 2.17. The summed E-state index contributed by atoms with van der Waals surface area (Å²) in [5.74, 6) is 0.707. The van der Waals surface area contributed by atoms with E-state index in [1.54, 1.807) is 49.5 Å². The normalized spacial score (nSPS) is 10.7. The van der Waals surface area contributed by atoms with Gasteiger partial charge in [0.25, 0.3) is 0 Å². The second-order valence-corrected chi connectivity index (χ2v) is 6.08.